The first-order chi connectivity index (χ1) is 27.8. The van der Waals surface area contributed by atoms with Crippen molar-refractivity contribution in [2.75, 3.05) is 26.0 Å². The Bertz CT molecular complexity index is 2340. The summed E-state index contributed by atoms with van der Waals surface area (Å²) in [5, 5.41) is 17.7. The molecule has 0 bridgehead atoms. The van der Waals surface area contributed by atoms with Gasteiger partial charge in [-0.2, -0.15) is 0 Å². The third kappa shape index (κ3) is 17.4. The number of sulfonamides is 1. The number of rotatable bonds is 14. The van der Waals surface area contributed by atoms with Gasteiger partial charge in [-0.1, -0.05) is 31.2 Å². The lowest BCUT2D eigenvalue weighted by Gasteiger charge is -2.20. The molecular weight excluding hydrogens is 885 g/mol. The van der Waals surface area contributed by atoms with Gasteiger partial charge in [0.25, 0.3) is 0 Å². The van der Waals surface area contributed by atoms with Crippen LogP contribution in [-0.2, 0) is 38.9 Å². The van der Waals surface area contributed by atoms with Crippen molar-refractivity contribution in [2.24, 2.45) is 0 Å². The van der Waals surface area contributed by atoms with Crippen LogP contribution in [0, 0.1) is 0 Å². The van der Waals surface area contributed by atoms with Crippen LogP contribution in [0.25, 0.3) is 11.1 Å². The molecule has 0 unspecified atom stereocenters. The standard InChI is InChI=1S/C20H23NO6S.C13H15BrO4.C8H11BO4S/c1-20(2,3)27-19(23)13-26-18-9-8-14(12-22)10-17(18)15-6-5-7-16(11-15)28(24,25)21-4;1-13(2,3)18-12(16)8-17-11-5-4-9(7-15)6-10(11)14;1-2-14(12,13)8-5-3-4-7(6-8)9(10)11/h5-12,21H,13H2,1-4H3;4-7H,8H2,1-3H3;3-6,10-11H,2H2,1H3. The molecule has 0 aliphatic heterocycles. The summed E-state index contributed by atoms with van der Waals surface area (Å²) in [5.74, 6) is -0.155. The Labute approximate surface area is 359 Å². The second-order valence-electron chi connectivity index (χ2n) is 14.5. The number of halogens is 1. The number of carbonyl (C=O) groups is 4. The van der Waals surface area contributed by atoms with Crippen LogP contribution in [0.4, 0.5) is 0 Å². The van der Waals surface area contributed by atoms with E-state index in [2.05, 4.69) is 20.7 Å². The topological polar surface area (TPSA) is 226 Å². The molecule has 0 saturated heterocycles. The number of aldehydes is 2. The lowest BCUT2D eigenvalue weighted by Crippen LogP contribution is -2.30. The molecule has 4 rings (SSSR count). The van der Waals surface area contributed by atoms with Gasteiger partial charge in [-0.15, -0.1) is 0 Å². The number of ether oxygens (including phenoxy) is 4. The number of hydrogen-bond donors (Lipinski definition) is 3. The monoisotopic (exact) mass is 933 g/mol. The number of sulfone groups is 1. The fourth-order valence-electron chi connectivity index (χ4n) is 4.68. The van der Waals surface area contributed by atoms with E-state index in [1.54, 1.807) is 90.1 Å². The van der Waals surface area contributed by atoms with Gasteiger partial charge < -0.3 is 29.0 Å². The summed E-state index contributed by atoms with van der Waals surface area (Å²) in [7, 11) is -7.23. The predicted molar refractivity (Wildman–Crippen MR) is 230 cm³/mol. The van der Waals surface area contributed by atoms with Gasteiger partial charge in [-0.3, -0.25) is 9.59 Å². The molecule has 0 aromatic heterocycles. The maximum Gasteiger partial charge on any atom is 0.488 e. The molecule has 15 nitrogen and oxygen atoms in total. The largest absolute Gasteiger partial charge is 0.488 e. The highest BCUT2D eigenvalue weighted by Gasteiger charge is 2.20. The predicted octanol–water partition coefficient (Wildman–Crippen LogP) is 4.94. The third-order valence-electron chi connectivity index (χ3n) is 7.38. The van der Waals surface area contributed by atoms with Crippen LogP contribution >= 0.6 is 15.9 Å². The second-order valence-corrected chi connectivity index (χ2v) is 19.5. The zero-order chi connectivity index (χ0) is 45.5. The summed E-state index contributed by atoms with van der Waals surface area (Å²) in [6, 6.07) is 21.4. The van der Waals surface area contributed by atoms with E-state index in [-0.39, 0.29) is 34.2 Å². The summed E-state index contributed by atoms with van der Waals surface area (Å²) in [5.41, 5.74) is 0.951. The number of hydrogen-bond acceptors (Lipinski definition) is 14. The van der Waals surface area contributed by atoms with Crippen LogP contribution in [0.15, 0.2) is 99.2 Å². The minimum absolute atomic E-state index is 0.00201. The van der Waals surface area contributed by atoms with E-state index in [1.807, 2.05) is 0 Å². The van der Waals surface area contributed by atoms with Crippen LogP contribution in [-0.4, -0.2) is 95.7 Å². The quantitative estimate of drug-likeness (QED) is 0.0866. The highest BCUT2D eigenvalue weighted by Crippen LogP contribution is 2.32. The van der Waals surface area contributed by atoms with Crippen molar-refractivity contribution in [3.63, 3.8) is 0 Å². The van der Waals surface area contributed by atoms with Gasteiger partial charge in [-0.05, 0) is 136 Å². The highest BCUT2D eigenvalue weighted by atomic mass is 79.9. The number of carbonyl (C=O) groups excluding carboxylic acids is 4. The van der Waals surface area contributed by atoms with Crippen LogP contribution in [0.3, 0.4) is 0 Å². The highest BCUT2D eigenvalue weighted by molar-refractivity contribution is 9.10. The normalized spacial score (nSPS) is 11.4. The van der Waals surface area contributed by atoms with Gasteiger partial charge in [0, 0.05) is 16.7 Å². The zero-order valence-electron chi connectivity index (χ0n) is 34.4. The Morgan fingerprint density at radius 2 is 1.22 bits per heavy atom. The van der Waals surface area contributed by atoms with Crippen molar-refractivity contribution < 1.29 is 65.0 Å². The van der Waals surface area contributed by atoms with Crippen molar-refractivity contribution in [1.29, 1.82) is 0 Å². The third-order valence-corrected chi connectivity index (χ3v) is 11.1. The summed E-state index contributed by atoms with van der Waals surface area (Å²) in [6.07, 6.45) is 1.41. The van der Waals surface area contributed by atoms with Gasteiger partial charge in [0.05, 0.1) is 20.0 Å². The molecule has 4 aromatic rings. The van der Waals surface area contributed by atoms with E-state index in [0.717, 1.165) is 6.29 Å². The van der Waals surface area contributed by atoms with Gasteiger partial charge in [0.15, 0.2) is 23.1 Å². The molecule has 19 heteroatoms. The van der Waals surface area contributed by atoms with E-state index in [4.69, 9.17) is 29.0 Å². The molecule has 0 aliphatic carbocycles. The van der Waals surface area contributed by atoms with Crippen molar-refractivity contribution >= 4 is 72.9 Å². The van der Waals surface area contributed by atoms with E-state index < -0.39 is 50.1 Å². The Kier molecular flexibility index (Phi) is 19.3. The van der Waals surface area contributed by atoms with Crippen molar-refractivity contribution in [3.05, 3.63) is 101 Å². The molecule has 3 N–H and O–H groups in total. The van der Waals surface area contributed by atoms with Gasteiger partial charge in [0.2, 0.25) is 10.0 Å². The molecule has 0 heterocycles. The molecule has 0 radical (unpaired) electrons. The molecule has 0 amide bonds. The second kappa shape index (κ2) is 22.6. The number of nitrogens with one attached hydrogen (secondary N) is 1. The molecule has 0 spiro atoms. The first kappa shape index (κ1) is 51.2. The summed E-state index contributed by atoms with van der Waals surface area (Å²) in [6.45, 7) is 11.7. The molecule has 0 aliphatic rings. The smallest absolute Gasteiger partial charge is 0.481 e. The van der Waals surface area contributed by atoms with Gasteiger partial charge >= 0.3 is 19.1 Å². The first-order valence-corrected chi connectivity index (χ1v) is 22.0. The Morgan fingerprint density at radius 1 is 0.717 bits per heavy atom. The Hall–Kier alpha value is -4.92. The van der Waals surface area contributed by atoms with E-state index in [1.165, 1.54) is 50.4 Å². The van der Waals surface area contributed by atoms with Gasteiger partial charge in [0.1, 0.15) is 35.3 Å². The minimum Gasteiger partial charge on any atom is -0.481 e. The molecule has 0 fully saturated rings. The first-order valence-electron chi connectivity index (χ1n) is 18.1. The molecule has 0 atom stereocenters. The Balaban J connectivity index is 0.000000333. The fraction of sp³-hybridized carbons (Fsp3) is 0.317. The molecule has 4 aromatic carbocycles. The number of esters is 2. The summed E-state index contributed by atoms with van der Waals surface area (Å²) < 4.78 is 71.1. The molecule has 0 saturated carbocycles. The van der Waals surface area contributed by atoms with Crippen LogP contribution < -0.4 is 19.7 Å². The lowest BCUT2D eigenvalue weighted by atomic mass is 9.80. The van der Waals surface area contributed by atoms with Gasteiger partial charge in [-0.25, -0.2) is 31.1 Å². The average Bonchev–Trinajstić information content (AvgIpc) is 3.18. The van der Waals surface area contributed by atoms with Crippen molar-refractivity contribution in [2.45, 2.75) is 69.5 Å². The number of benzene rings is 4. The lowest BCUT2D eigenvalue weighted by molar-refractivity contribution is -0.158. The molecule has 60 heavy (non-hydrogen) atoms. The zero-order valence-corrected chi connectivity index (χ0v) is 37.6. The molecular formula is C41H49BBrNO14S2. The van der Waals surface area contributed by atoms with E-state index in [0.29, 0.717) is 44.5 Å². The van der Waals surface area contributed by atoms with E-state index in [9.17, 15) is 36.0 Å². The average molecular weight is 935 g/mol. The summed E-state index contributed by atoms with van der Waals surface area (Å²) in [4.78, 5) is 45.3. The van der Waals surface area contributed by atoms with Crippen LogP contribution in [0.1, 0.15) is 69.2 Å². The maximum atomic E-state index is 12.1. The van der Waals surface area contributed by atoms with Crippen LogP contribution in [0.2, 0.25) is 0 Å². The SMILES string of the molecule is CC(C)(C)OC(=O)COc1ccc(C=O)cc1Br.CCS(=O)(=O)c1cccc(B(O)O)c1.CNS(=O)(=O)c1cccc(-c2cc(C=O)ccc2OCC(=O)OC(C)(C)C)c1. The van der Waals surface area contributed by atoms with Crippen molar-refractivity contribution in [1.82, 2.24) is 4.72 Å². The maximum absolute atomic E-state index is 12.1. The van der Waals surface area contributed by atoms with Crippen LogP contribution in [0.5, 0.6) is 11.5 Å². The Morgan fingerprint density at radius 3 is 1.70 bits per heavy atom. The van der Waals surface area contributed by atoms with Crippen molar-refractivity contribution in [3.8, 4) is 22.6 Å². The summed E-state index contributed by atoms with van der Waals surface area (Å²) >= 11 is 3.26. The minimum atomic E-state index is -3.64. The molecule has 324 valence electrons. The van der Waals surface area contributed by atoms with E-state index >= 15 is 0 Å². The fourth-order valence-corrected chi connectivity index (χ4v) is 6.90.